The Morgan fingerprint density at radius 1 is 1.37 bits per heavy atom. The molecule has 0 spiro atoms. The minimum atomic E-state index is 0.434. The number of rotatable bonds is 4. The first-order chi connectivity index (χ1) is 9.26. The highest BCUT2D eigenvalue weighted by atomic mass is 35.5. The summed E-state index contributed by atoms with van der Waals surface area (Å²) in [5.74, 6) is 0.873. The molecule has 2 nitrogen and oxygen atoms in total. The molecule has 3 heterocycles. The fourth-order valence-corrected chi connectivity index (χ4v) is 3.78. The molecule has 3 heteroatoms. The maximum Gasteiger partial charge on any atom is 0.0409 e. The van der Waals surface area contributed by atoms with Gasteiger partial charge < -0.3 is 10.2 Å². The van der Waals surface area contributed by atoms with Gasteiger partial charge in [-0.05, 0) is 56.0 Å². The standard InChI is InChI=1S/C16H23ClN2/c1-2-15(13-4-3-5-14(17)10-13)18-16-11-19-8-6-12(16)7-9-19/h3-5,10,12,15-16,18H,2,6-9,11H2,1H3. The van der Waals surface area contributed by atoms with E-state index in [4.69, 9.17) is 11.6 Å². The SMILES string of the molecule is CCC(NC1CN2CCC1CC2)c1cccc(Cl)c1. The molecule has 3 saturated heterocycles. The van der Waals surface area contributed by atoms with Gasteiger partial charge in [0.2, 0.25) is 0 Å². The first kappa shape index (κ1) is 13.4. The monoisotopic (exact) mass is 278 g/mol. The number of halogens is 1. The zero-order chi connectivity index (χ0) is 13.2. The molecule has 0 aromatic heterocycles. The van der Waals surface area contributed by atoms with Crippen molar-refractivity contribution in [3.05, 3.63) is 34.9 Å². The van der Waals surface area contributed by atoms with Gasteiger partial charge in [0.15, 0.2) is 0 Å². The molecular formula is C16H23ClN2. The van der Waals surface area contributed by atoms with Gasteiger partial charge in [-0.3, -0.25) is 0 Å². The van der Waals surface area contributed by atoms with Crippen LogP contribution in [0.5, 0.6) is 0 Å². The van der Waals surface area contributed by atoms with Gasteiger partial charge in [0, 0.05) is 23.7 Å². The molecule has 1 N–H and O–H groups in total. The average Bonchev–Trinajstić information content (AvgIpc) is 2.46. The van der Waals surface area contributed by atoms with Gasteiger partial charge in [0.25, 0.3) is 0 Å². The minimum Gasteiger partial charge on any atom is -0.306 e. The van der Waals surface area contributed by atoms with E-state index in [1.165, 1.54) is 38.0 Å². The third-order valence-electron chi connectivity index (χ3n) is 4.73. The molecule has 3 aliphatic heterocycles. The van der Waals surface area contributed by atoms with Crippen LogP contribution in [0.25, 0.3) is 0 Å². The van der Waals surface area contributed by atoms with E-state index in [1.54, 1.807) is 0 Å². The first-order valence-electron chi connectivity index (χ1n) is 7.50. The van der Waals surface area contributed by atoms with Crippen LogP contribution < -0.4 is 5.32 Å². The number of nitrogens with zero attached hydrogens (tertiary/aromatic N) is 1. The topological polar surface area (TPSA) is 15.3 Å². The second-order valence-electron chi connectivity index (χ2n) is 5.93. The lowest BCUT2D eigenvalue weighted by Gasteiger charge is -2.46. The van der Waals surface area contributed by atoms with E-state index in [1.807, 2.05) is 6.07 Å². The van der Waals surface area contributed by atoms with Crippen molar-refractivity contribution in [2.75, 3.05) is 19.6 Å². The summed E-state index contributed by atoms with van der Waals surface area (Å²) < 4.78 is 0. The summed E-state index contributed by atoms with van der Waals surface area (Å²) >= 11 is 6.12. The predicted molar refractivity (Wildman–Crippen MR) is 80.6 cm³/mol. The molecule has 19 heavy (non-hydrogen) atoms. The Bertz CT molecular complexity index is 427. The van der Waals surface area contributed by atoms with E-state index in [0.717, 1.165) is 17.4 Å². The summed E-state index contributed by atoms with van der Waals surface area (Å²) in [4.78, 5) is 2.60. The zero-order valence-corrected chi connectivity index (χ0v) is 12.4. The molecule has 2 atom stereocenters. The van der Waals surface area contributed by atoms with Crippen molar-refractivity contribution in [3.8, 4) is 0 Å². The average molecular weight is 279 g/mol. The third-order valence-corrected chi connectivity index (χ3v) is 4.97. The first-order valence-corrected chi connectivity index (χ1v) is 7.88. The molecule has 3 fully saturated rings. The Kier molecular flexibility index (Phi) is 4.11. The molecule has 0 saturated carbocycles. The van der Waals surface area contributed by atoms with Crippen molar-refractivity contribution in [2.24, 2.45) is 5.92 Å². The fraction of sp³-hybridized carbons (Fsp3) is 0.625. The summed E-state index contributed by atoms with van der Waals surface area (Å²) in [5, 5.41) is 4.72. The quantitative estimate of drug-likeness (QED) is 0.907. The zero-order valence-electron chi connectivity index (χ0n) is 11.6. The molecule has 0 amide bonds. The Hall–Kier alpha value is -0.570. The highest BCUT2D eigenvalue weighted by molar-refractivity contribution is 6.30. The van der Waals surface area contributed by atoms with E-state index >= 15 is 0 Å². The molecule has 1 aromatic carbocycles. The second kappa shape index (κ2) is 5.82. The normalized spacial score (nSPS) is 31.4. The number of fused-ring (bicyclic) bond motifs is 3. The van der Waals surface area contributed by atoms with Gasteiger partial charge in [-0.1, -0.05) is 30.7 Å². The van der Waals surface area contributed by atoms with Crippen molar-refractivity contribution >= 4 is 11.6 Å². The Balaban J connectivity index is 1.70. The third kappa shape index (κ3) is 2.96. The van der Waals surface area contributed by atoms with Crippen molar-refractivity contribution in [1.29, 1.82) is 0 Å². The maximum absolute atomic E-state index is 6.12. The van der Waals surface area contributed by atoms with Crippen molar-refractivity contribution in [2.45, 2.75) is 38.3 Å². The van der Waals surface area contributed by atoms with Gasteiger partial charge in [-0.2, -0.15) is 0 Å². The Morgan fingerprint density at radius 3 is 2.74 bits per heavy atom. The Labute approximate surface area is 121 Å². The van der Waals surface area contributed by atoms with Crippen LogP contribution in [0.4, 0.5) is 0 Å². The maximum atomic E-state index is 6.12. The van der Waals surface area contributed by atoms with Crippen LogP contribution in [0, 0.1) is 5.92 Å². The van der Waals surface area contributed by atoms with Crippen molar-refractivity contribution in [3.63, 3.8) is 0 Å². The molecule has 104 valence electrons. The molecule has 0 radical (unpaired) electrons. The second-order valence-corrected chi connectivity index (χ2v) is 6.36. The molecule has 0 aliphatic carbocycles. The predicted octanol–water partition coefficient (Wildman–Crippen LogP) is 3.47. The summed E-state index contributed by atoms with van der Waals surface area (Å²) in [6.07, 6.45) is 3.84. The Morgan fingerprint density at radius 2 is 2.16 bits per heavy atom. The highest BCUT2D eigenvalue weighted by Crippen LogP contribution is 2.30. The van der Waals surface area contributed by atoms with Crippen LogP contribution in [0.2, 0.25) is 5.02 Å². The lowest BCUT2D eigenvalue weighted by molar-refractivity contribution is 0.0666. The number of hydrogen-bond acceptors (Lipinski definition) is 2. The minimum absolute atomic E-state index is 0.434. The number of hydrogen-bond donors (Lipinski definition) is 1. The molecule has 2 bridgehead atoms. The molecule has 4 rings (SSSR count). The van der Waals surface area contributed by atoms with Crippen LogP contribution in [-0.2, 0) is 0 Å². The van der Waals surface area contributed by atoms with E-state index in [0.29, 0.717) is 12.1 Å². The van der Waals surface area contributed by atoms with Crippen LogP contribution >= 0.6 is 11.6 Å². The van der Waals surface area contributed by atoms with Gasteiger partial charge in [0.1, 0.15) is 0 Å². The summed E-state index contributed by atoms with van der Waals surface area (Å²) in [6.45, 7) is 6.08. The molecular weight excluding hydrogens is 256 g/mol. The lowest BCUT2D eigenvalue weighted by Crippen LogP contribution is -2.56. The van der Waals surface area contributed by atoms with E-state index in [-0.39, 0.29) is 0 Å². The molecule has 1 aromatic rings. The van der Waals surface area contributed by atoms with Gasteiger partial charge >= 0.3 is 0 Å². The number of benzene rings is 1. The van der Waals surface area contributed by atoms with Crippen molar-refractivity contribution < 1.29 is 0 Å². The summed E-state index contributed by atoms with van der Waals surface area (Å²) in [6, 6.07) is 9.39. The summed E-state index contributed by atoms with van der Waals surface area (Å²) in [5.41, 5.74) is 1.33. The van der Waals surface area contributed by atoms with Crippen LogP contribution in [0.1, 0.15) is 37.8 Å². The van der Waals surface area contributed by atoms with E-state index in [2.05, 4.69) is 35.3 Å². The van der Waals surface area contributed by atoms with Crippen molar-refractivity contribution in [1.82, 2.24) is 10.2 Å². The number of nitrogens with one attached hydrogen (secondary N) is 1. The van der Waals surface area contributed by atoms with Gasteiger partial charge in [-0.25, -0.2) is 0 Å². The van der Waals surface area contributed by atoms with Gasteiger partial charge in [0.05, 0.1) is 0 Å². The molecule has 2 unspecified atom stereocenters. The number of piperidine rings is 3. The van der Waals surface area contributed by atoms with Crippen LogP contribution in [-0.4, -0.2) is 30.6 Å². The smallest absolute Gasteiger partial charge is 0.0409 e. The van der Waals surface area contributed by atoms with Gasteiger partial charge in [-0.15, -0.1) is 0 Å². The lowest BCUT2D eigenvalue weighted by atomic mass is 9.83. The fourth-order valence-electron chi connectivity index (χ4n) is 3.59. The summed E-state index contributed by atoms with van der Waals surface area (Å²) in [7, 11) is 0. The van der Waals surface area contributed by atoms with Crippen LogP contribution in [0.3, 0.4) is 0 Å². The highest BCUT2D eigenvalue weighted by Gasteiger charge is 2.34. The van der Waals surface area contributed by atoms with E-state index < -0.39 is 0 Å². The molecule has 3 aliphatic rings. The largest absolute Gasteiger partial charge is 0.306 e. The van der Waals surface area contributed by atoms with Crippen LogP contribution in [0.15, 0.2) is 24.3 Å². The van der Waals surface area contributed by atoms with E-state index in [9.17, 15) is 0 Å².